The summed E-state index contributed by atoms with van der Waals surface area (Å²) in [6.45, 7) is 0.629. The summed E-state index contributed by atoms with van der Waals surface area (Å²) >= 11 is 1.12. The van der Waals surface area contributed by atoms with Gasteiger partial charge in [0, 0.05) is 68.1 Å². The lowest BCUT2D eigenvalue weighted by molar-refractivity contribution is -0.256. The number of phenolic OH excluding ortho intramolecular Hbond substituents is 2. The molecule has 3 saturated heterocycles. The Hall–Kier alpha value is -6.16. The van der Waals surface area contributed by atoms with E-state index in [1.54, 1.807) is 5.38 Å². The number of phenols is 2. The molecule has 9 N–H and O–H groups in total. The third-order valence-electron chi connectivity index (χ3n) is 13.0. The number of aromatic nitrogens is 1. The number of morpholine rings is 1. The summed E-state index contributed by atoms with van der Waals surface area (Å²) in [5, 5.41) is 48.2. The molecular formula is C45H54N8O16S. The molecule has 0 radical (unpaired) electrons. The normalized spacial score (nSPS) is 25.6. The highest BCUT2D eigenvalue weighted by molar-refractivity contribution is 7.09. The Labute approximate surface area is 404 Å². The number of fused-ring (bicyclic) bond motifs is 6. The number of carbonyl (C=O) groups is 7. The molecule has 5 aliphatic rings. The number of nitrogens with zero attached hydrogens (tertiary/aromatic N) is 3. The number of thiazole rings is 1. The van der Waals surface area contributed by atoms with Gasteiger partial charge < -0.3 is 75.6 Å². The van der Waals surface area contributed by atoms with E-state index in [-0.39, 0.29) is 84.7 Å². The molecule has 0 saturated carbocycles. The highest BCUT2D eigenvalue weighted by atomic mass is 32.1. The van der Waals surface area contributed by atoms with Crippen LogP contribution in [-0.2, 0) is 66.2 Å². The van der Waals surface area contributed by atoms with Gasteiger partial charge in [0.2, 0.25) is 35.3 Å². The van der Waals surface area contributed by atoms with Crippen LogP contribution in [-0.4, -0.2) is 175 Å². The molecule has 0 unspecified atom stereocenters. The molecule has 2 aromatic carbocycles. The summed E-state index contributed by atoms with van der Waals surface area (Å²) in [5.74, 6) is -5.72. The molecule has 376 valence electrons. The minimum atomic E-state index is -1.92. The molecule has 1 aromatic heterocycles. The number of ketones is 2. The van der Waals surface area contributed by atoms with Crippen LogP contribution in [0.15, 0.2) is 23.6 Å². The van der Waals surface area contributed by atoms with Crippen molar-refractivity contribution >= 4 is 52.4 Å². The number of aromatic hydroxyl groups is 2. The van der Waals surface area contributed by atoms with Gasteiger partial charge in [-0.05, 0) is 13.0 Å². The van der Waals surface area contributed by atoms with Crippen LogP contribution in [0.25, 0.3) is 0 Å². The van der Waals surface area contributed by atoms with E-state index in [0.717, 1.165) is 11.3 Å². The molecule has 3 aliphatic heterocycles. The maximum Gasteiger partial charge on any atom is 0.242 e. The maximum absolute atomic E-state index is 14.3. The predicted molar refractivity (Wildman–Crippen MR) is 240 cm³/mol. The van der Waals surface area contributed by atoms with Crippen LogP contribution in [0.4, 0.5) is 0 Å². The van der Waals surface area contributed by atoms with E-state index in [1.165, 1.54) is 44.4 Å². The highest BCUT2D eigenvalue weighted by Gasteiger charge is 2.55. The van der Waals surface area contributed by atoms with E-state index < -0.39 is 120 Å². The van der Waals surface area contributed by atoms with Crippen molar-refractivity contribution in [3.8, 4) is 17.2 Å². The Bertz CT molecular complexity index is 2590. The third-order valence-corrected chi connectivity index (χ3v) is 13.8. The average Bonchev–Trinajstić information content (AvgIpc) is 3.99. The van der Waals surface area contributed by atoms with Gasteiger partial charge >= 0.3 is 0 Å². The number of amides is 5. The van der Waals surface area contributed by atoms with Crippen molar-refractivity contribution in [2.24, 2.45) is 5.73 Å². The molecule has 5 amide bonds. The zero-order chi connectivity index (χ0) is 50.2. The maximum atomic E-state index is 14.3. The van der Waals surface area contributed by atoms with Crippen LogP contribution in [0.2, 0.25) is 0 Å². The highest BCUT2D eigenvalue weighted by Crippen LogP contribution is 2.54. The first kappa shape index (κ1) is 50.2. The Balaban J connectivity index is 0.990. The van der Waals surface area contributed by atoms with Crippen molar-refractivity contribution in [2.75, 3.05) is 67.1 Å². The van der Waals surface area contributed by atoms with Crippen LogP contribution in [0, 0.1) is 0 Å². The minimum Gasteiger partial charge on any atom is -0.507 e. The largest absolute Gasteiger partial charge is 0.507 e. The number of benzene rings is 2. The monoisotopic (exact) mass is 994 g/mol. The molecule has 0 bridgehead atoms. The van der Waals surface area contributed by atoms with E-state index in [2.05, 4.69) is 31.2 Å². The van der Waals surface area contributed by atoms with Crippen LogP contribution in [0.1, 0.15) is 79.5 Å². The molecule has 25 heteroatoms. The quantitative estimate of drug-likeness (QED) is 0.0571. The number of rotatable bonds is 16. The number of nitrogens with one attached hydrogen (secondary N) is 4. The third kappa shape index (κ3) is 9.80. The summed E-state index contributed by atoms with van der Waals surface area (Å²) in [6.07, 6.45) is -4.59. The van der Waals surface area contributed by atoms with Crippen molar-refractivity contribution in [3.05, 3.63) is 67.7 Å². The number of hydrogen-bond acceptors (Lipinski definition) is 20. The topological polar surface area (TPSA) is 329 Å². The minimum absolute atomic E-state index is 0.00956. The number of likely N-dealkylation sites (N-methyl/N-ethyl adjacent to an activating group) is 1. The molecule has 0 spiro atoms. The first-order chi connectivity index (χ1) is 33.5. The van der Waals surface area contributed by atoms with Gasteiger partial charge in [0.15, 0.2) is 24.6 Å². The number of methoxy groups -OCH3 is 2. The van der Waals surface area contributed by atoms with Gasteiger partial charge in [0.05, 0.1) is 87.6 Å². The molecule has 70 heavy (non-hydrogen) atoms. The standard InChI is InChI=1S/C45H54N8O16S/c1-20-42-23(53-8-9-66-44(65-4)43(53)69-42)10-33(67-20)68-25-12-45(63,11-22-35(25)41(62)37-36(39(22)60)38(59)21-6-5-7-24(64-3)34(21)40(37)61)26-19-70-31(51-26)18-52(2)32(58)17-50-30(57)16-49-29(56)15-48-28(55)14-47-27(54)13-46/h5-7,19-20,23,25,33,42-44,60,62-63H,8-18,46H2,1-4H3,(H,47,54)(H,48,55)(H,49,56)(H,50,57)/t20-,23-,25-,33-,42+,43+,44-,45-/m0/s1. The smallest absolute Gasteiger partial charge is 0.242 e. The second-order valence-electron chi connectivity index (χ2n) is 17.4. The van der Waals surface area contributed by atoms with E-state index in [0.29, 0.717) is 18.2 Å². The Kier molecular flexibility index (Phi) is 14.8. The lowest BCUT2D eigenvalue weighted by atomic mass is 9.72. The fraction of sp³-hybridized carbons (Fsp3) is 0.511. The number of ether oxygens (including phenoxy) is 6. The van der Waals surface area contributed by atoms with Crippen molar-refractivity contribution in [1.29, 1.82) is 0 Å². The average molecular weight is 995 g/mol. The summed E-state index contributed by atoms with van der Waals surface area (Å²) in [5.41, 5.74) is 2.33. The van der Waals surface area contributed by atoms with E-state index in [9.17, 15) is 48.9 Å². The van der Waals surface area contributed by atoms with Gasteiger partial charge in [0.25, 0.3) is 0 Å². The van der Waals surface area contributed by atoms with Crippen molar-refractivity contribution in [3.63, 3.8) is 0 Å². The molecule has 24 nitrogen and oxygen atoms in total. The van der Waals surface area contributed by atoms with E-state index >= 15 is 0 Å². The fourth-order valence-corrected chi connectivity index (χ4v) is 10.5. The van der Waals surface area contributed by atoms with E-state index in [4.69, 9.17) is 34.2 Å². The summed E-state index contributed by atoms with van der Waals surface area (Å²) < 4.78 is 36.2. The molecule has 8 atom stereocenters. The fourth-order valence-electron chi connectivity index (χ4n) is 9.52. The van der Waals surface area contributed by atoms with Gasteiger partial charge in [-0.25, -0.2) is 4.98 Å². The molecular weight excluding hydrogens is 941 g/mol. The Morgan fingerprint density at radius 3 is 2.29 bits per heavy atom. The first-order valence-corrected chi connectivity index (χ1v) is 23.3. The van der Waals surface area contributed by atoms with Crippen LogP contribution in [0.5, 0.6) is 17.2 Å². The zero-order valence-corrected chi connectivity index (χ0v) is 39.4. The number of nitrogens with two attached hydrogens (primary N) is 1. The first-order valence-electron chi connectivity index (χ1n) is 22.4. The lowest BCUT2D eigenvalue weighted by Gasteiger charge is -2.43. The number of aliphatic hydroxyl groups is 1. The summed E-state index contributed by atoms with van der Waals surface area (Å²) in [6, 6.07) is 4.25. The van der Waals surface area contributed by atoms with Gasteiger partial charge in [-0.1, -0.05) is 12.1 Å². The van der Waals surface area contributed by atoms with Crippen molar-refractivity contribution in [1.82, 2.24) is 36.1 Å². The summed E-state index contributed by atoms with van der Waals surface area (Å²) in [7, 11) is 4.35. The Morgan fingerprint density at radius 1 is 0.943 bits per heavy atom. The zero-order valence-electron chi connectivity index (χ0n) is 38.6. The SMILES string of the molecule is COc1cccc2c1C(=O)c1c(O)c3c(c(O)c1C2=O)C[C@@](O)(c1csc(CN(C)C(=O)CNC(=O)CNC(=O)CNC(=O)CNC(=O)CN)n1)C[C@@H]3O[C@H]1C[C@H]2[C@H](O[C@@H]3[C@@H](OC)OCCN32)[C@H](C)O1. The van der Waals surface area contributed by atoms with Gasteiger partial charge in [0.1, 0.15) is 34.0 Å². The van der Waals surface area contributed by atoms with E-state index in [1.807, 2.05) is 6.92 Å². The molecule has 3 aromatic rings. The molecule has 4 heterocycles. The second-order valence-corrected chi connectivity index (χ2v) is 18.3. The number of hydrogen-bond donors (Lipinski definition) is 8. The molecule has 2 aliphatic carbocycles. The molecule has 3 fully saturated rings. The van der Waals surface area contributed by atoms with Crippen LogP contribution in [0.3, 0.4) is 0 Å². The lowest BCUT2D eigenvalue weighted by Crippen LogP contribution is -2.55. The molecule has 8 rings (SSSR count). The second kappa shape index (κ2) is 20.7. The predicted octanol–water partition coefficient (Wildman–Crippen LogP) is -1.85. The van der Waals surface area contributed by atoms with Gasteiger partial charge in [-0.2, -0.15) is 0 Å². The van der Waals surface area contributed by atoms with Crippen LogP contribution < -0.4 is 31.7 Å². The van der Waals surface area contributed by atoms with Gasteiger partial charge in [-0.3, -0.25) is 38.5 Å². The summed E-state index contributed by atoms with van der Waals surface area (Å²) in [4.78, 5) is 97.1. The van der Waals surface area contributed by atoms with Crippen LogP contribution >= 0.6 is 11.3 Å². The number of carbonyl (C=O) groups excluding carboxylic acids is 7. The van der Waals surface area contributed by atoms with Gasteiger partial charge in [-0.15, -0.1) is 11.3 Å². The van der Waals surface area contributed by atoms with Crippen molar-refractivity contribution in [2.45, 2.75) is 81.5 Å². The van der Waals surface area contributed by atoms with Crippen molar-refractivity contribution < 1.29 is 77.3 Å². The Morgan fingerprint density at radius 2 is 1.61 bits per heavy atom.